The van der Waals surface area contributed by atoms with Crippen molar-refractivity contribution < 1.29 is 9.90 Å². The molecule has 0 aliphatic heterocycles. The fourth-order valence-corrected chi connectivity index (χ4v) is 3.59. The molecule has 3 rings (SSSR count). The average molecular weight is 423 g/mol. The van der Waals surface area contributed by atoms with Crippen molar-refractivity contribution in [3.63, 3.8) is 0 Å². The first-order valence-corrected chi connectivity index (χ1v) is 10.7. The van der Waals surface area contributed by atoms with E-state index in [4.69, 9.17) is 11.6 Å². The molecule has 0 aliphatic carbocycles. The van der Waals surface area contributed by atoms with Gasteiger partial charge in [0, 0.05) is 11.4 Å². The molecule has 1 unspecified atom stereocenters. The zero-order chi connectivity index (χ0) is 21.3. The highest BCUT2D eigenvalue weighted by Gasteiger charge is 2.16. The Morgan fingerprint density at radius 1 is 1.17 bits per heavy atom. The molecule has 0 saturated carbocycles. The summed E-state index contributed by atoms with van der Waals surface area (Å²) in [5.41, 5.74) is 2.91. The third-order valence-corrected chi connectivity index (χ3v) is 5.49. The van der Waals surface area contributed by atoms with Crippen molar-refractivity contribution in [3.8, 4) is 0 Å². The molecule has 156 valence electrons. The molecule has 0 aliphatic rings. The number of halogens is 1. The quantitative estimate of drug-likeness (QED) is 0.443. The van der Waals surface area contributed by atoms with E-state index in [0.717, 1.165) is 46.9 Å². The van der Waals surface area contributed by atoms with Gasteiger partial charge in [-0.3, -0.25) is 4.79 Å². The van der Waals surface area contributed by atoms with Crippen molar-refractivity contribution in [2.75, 3.05) is 0 Å². The molecular weight excluding hydrogens is 396 g/mol. The number of carboxylic acid groups (broad SMARTS) is 1. The Bertz CT molecular complexity index is 995. The summed E-state index contributed by atoms with van der Waals surface area (Å²) in [5, 5.41) is 10.4. The summed E-state index contributed by atoms with van der Waals surface area (Å²) in [6.45, 7) is 2.76. The maximum Gasteiger partial charge on any atom is 0.310 e. The largest absolute Gasteiger partial charge is 0.481 e. The lowest BCUT2D eigenvalue weighted by Crippen LogP contribution is -2.14. The minimum absolute atomic E-state index is 0.452. The topological polar surface area (TPSA) is 55.1 Å². The SMILES string of the molecule is CCCCc1ncc(C=CC(Cc2ccccc2)C(=O)O)n1Cc1ccccc1Cl. The third kappa shape index (κ3) is 5.83. The molecule has 2 aromatic carbocycles. The second-order valence-corrected chi connectivity index (χ2v) is 7.78. The third-order valence-electron chi connectivity index (χ3n) is 5.12. The number of unbranched alkanes of at least 4 members (excludes halogenated alkanes) is 1. The maximum absolute atomic E-state index is 11.8. The van der Waals surface area contributed by atoms with Crippen molar-refractivity contribution in [2.24, 2.45) is 5.92 Å². The first-order valence-electron chi connectivity index (χ1n) is 10.3. The predicted molar refractivity (Wildman–Crippen MR) is 122 cm³/mol. The Kier molecular flexibility index (Phi) is 7.86. The van der Waals surface area contributed by atoms with Gasteiger partial charge in [-0.05, 0) is 36.1 Å². The number of hydrogen-bond acceptors (Lipinski definition) is 2. The Labute approximate surface area is 182 Å². The molecule has 5 heteroatoms. The van der Waals surface area contributed by atoms with Crippen LogP contribution < -0.4 is 0 Å². The van der Waals surface area contributed by atoms with Gasteiger partial charge in [0.15, 0.2) is 0 Å². The Morgan fingerprint density at radius 2 is 1.90 bits per heavy atom. The number of aryl methyl sites for hydroxylation is 1. The minimum atomic E-state index is -0.835. The van der Waals surface area contributed by atoms with Gasteiger partial charge in [-0.1, -0.05) is 79.6 Å². The van der Waals surface area contributed by atoms with Crippen LogP contribution in [0, 0.1) is 5.92 Å². The van der Waals surface area contributed by atoms with E-state index in [1.165, 1.54) is 0 Å². The number of aliphatic carboxylic acids is 1. The molecule has 3 aromatic rings. The molecule has 0 saturated heterocycles. The summed E-state index contributed by atoms with van der Waals surface area (Å²) in [5.74, 6) is -0.444. The molecule has 0 fully saturated rings. The number of hydrogen-bond donors (Lipinski definition) is 1. The van der Waals surface area contributed by atoms with Gasteiger partial charge in [0.25, 0.3) is 0 Å². The van der Waals surface area contributed by atoms with Crippen LogP contribution in [0.4, 0.5) is 0 Å². The van der Waals surface area contributed by atoms with Crippen molar-refractivity contribution >= 4 is 23.6 Å². The highest BCUT2D eigenvalue weighted by Crippen LogP contribution is 2.21. The van der Waals surface area contributed by atoms with Crippen LogP contribution in [-0.4, -0.2) is 20.6 Å². The predicted octanol–water partition coefficient (Wildman–Crippen LogP) is 5.88. The van der Waals surface area contributed by atoms with Crippen LogP contribution in [0.25, 0.3) is 6.08 Å². The summed E-state index contributed by atoms with van der Waals surface area (Å²) in [6, 6.07) is 17.5. The Balaban J connectivity index is 1.87. The van der Waals surface area contributed by atoms with E-state index >= 15 is 0 Å². The molecule has 0 radical (unpaired) electrons. The minimum Gasteiger partial charge on any atom is -0.481 e. The highest BCUT2D eigenvalue weighted by atomic mass is 35.5. The van der Waals surface area contributed by atoms with Gasteiger partial charge in [-0.15, -0.1) is 0 Å². The molecule has 1 atom stereocenters. The summed E-state index contributed by atoms with van der Waals surface area (Å²) in [4.78, 5) is 16.4. The van der Waals surface area contributed by atoms with E-state index in [2.05, 4.69) is 16.5 Å². The monoisotopic (exact) mass is 422 g/mol. The van der Waals surface area contributed by atoms with E-state index in [-0.39, 0.29) is 0 Å². The van der Waals surface area contributed by atoms with Crippen LogP contribution >= 0.6 is 11.6 Å². The van der Waals surface area contributed by atoms with Gasteiger partial charge < -0.3 is 9.67 Å². The maximum atomic E-state index is 11.8. The number of rotatable bonds is 10. The number of imidazole rings is 1. The number of carbonyl (C=O) groups is 1. The van der Waals surface area contributed by atoms with Crippen LogP contribution in [0.15, 0.2) is 66.9 Å². The van der Waals surface area contributed by atoms with Crippen molar-refractivity contribution in [2.45, 2.75) is 39.2 Å². The zero-order valence-electron chi connectivity index (χ0n) is 17.2. The number of carboxylic acids is 1. The molecule has 0 amide bonds. The van der Waals surface area contributed by atoms with Crippen LogP contribution in [0.1, 0.15) is 42.4 Å². The van der Waals surface area contributed by atoms with E-state index < -0.39 is 11.9 Å². The molecule has 0 spiro atoms. The lowest BCUT2D eigenvalue weighted by Gasteiger charge is -2.12. The molecule has 30 heavy (non-hydrogen) atoms. The second-order valence-electron chi connectivity index (χ2n) is 7.37. The second kappa shape index (κ2) is 10.8. The lowest BCUT2D eigenvalue weighted by atomic mass is 9.99. The van der Waals surface area contributed by atoms with Crippen molar-refractivity contribution in [1.29, 1.82) is 0 Å². The van der Waals surface area contributed by atoms with Crippen LogP contribution in [-0.2, 0) is 24.2 Å². The molecular formula is C25H27ClN2O2. The van der Waals surface area contributed by atoms with E-state index in [1.54, 1.807) is 6.08 Å². The normalized spacial score (nSPS) is 12.3. The summed E-state index contributed by atoms with van der Waals surface area (Å²) >= 11 is 6.38. The zero-order valence-corrected chi connectivity index (χ0v) is 17.9. The average Bonchev–Trinajstić information content (AvgIpc) is 3.13. The van der Waals surface area contributed by atoms with E-state index in [1.807, 2.05) is 66.9 Å². The van der Waals surface area contributed by atoms with Crippen molar-refractivity contribution in [1.82, 2.24) is 9.55 Å². The summed E-state index contributed by atoms with van der Waals surface area (Å²) < 4.78 is 2.13. The summed E-state index contributed by atoms with van der Waals surface area (Å²) in [7, 11) is 0. The Morgan fingerprint density at radius 3 is 2.60 bits per heavy atom. The molecule has 1 heterocycles. The number of benzene rings is 2. The molecule has 0 bridgehead atoms. The van der Waals surface area contributed by atoms with Gasteiger partial charge in [0.2, 0.25) is 0 Å². The van der Waals surface area contributed by atoms with Gasteiger partial charge in [0.05, 0.1) is 24.4 Å². The van der Waals surface area contributed by atoms with Gasteiger partial charge >= 0.3 is 5.97 Å². The first kappa shape index (κ1) is 21.8. The van der Waals surface area contributed by atoms with Crippen LogP contribution in [0.5, 0.6) is 0 Å². The highest BCUT2D eigenvalue weighted by molar-refractivity contribution is 6.31. The first-order chi connectivity index (χ1) is 14.6. The van der Waals surface area contributed by atoms with Gasteiger partial charge in [-0.25, -0.2) is 4.98 Å². The van der Waals surface area contributed by atoms with Crippen LogP contribution in [0.3, 0.4) is 0 Å². The van der Waals surface area contributed by atoms with Crippen molar-refractivity contribution in [3.05, 3.63) is 94.5 Å². The Hall–Kier alpha value is -2.85. The van der Waals surface area contributed by atoms with Gasteiger partial charge in [0.1, 0.15) is 5.82 Å². The van der Waals surface area contributed by atoms with Gasteiger partial charge in [-0.2, -0.15) is 0 Å². The smallest absolute Gasteiger partial charge is 0.310 e. The molecule has 4 nitrogen and oxygen atoms in total. The molecule has 1 N–H and O–H groups in total. The summed E-state index contributed by atoms with van der Waals surface area (Å²) in [6.07, 6.45) is 8.92. The standard InChI is InChI=1S/C25H27ClN2O2/c1-2-3-13-24-27-17-22(28(24)18-21-11-7-8-12-23(21)26)15-14-20(25(29)30)16-19-9-5-4-6-10-19/h4-12,14-15,17,20H,2-3,13,16,18H2,1H3,(H,29,30). The number of aromatic nitrogens is 2. The lowest BCUT2D eigenvalue weighted by molar-refractivity contribution is -0.140. The fourth-order valence-electron chi connectivity index (χ4n) is 3.40. The van der Waals surface area contributed by atoms with Crippen LogP contribution in [0.2, 0.25) is 5.02 Å². The fraction of sp³-hybridized carbons (Fsp3) is 0.280. The van der Waals surface area contributed by atoms with E-state index in [0.29, 0.717) is 13.0 Å². The number of nitrogens with zero attached hydrogens (tertiary/aromatic N) is 2. The van der Waals surface area contributed by atoms with E-state index in [9.17, 15) is 9.90 Å². The molecule has 1 aromatic heterocycles.